The molecule has 5 rings (SSSR count). The van der Waals surface area contributed by atoms with Gasteiger partial charge in [0.25, 0.3) is 0 Å². The number of piperazine rings is 1. The Morgan fingerprint density at radius 1 is 1.11 bits per heavy atom. The Hall–Kier alpha value is -4.37. The van der Waals surface area contributed by atoms with E-state index in [1.54, 1.807) is 35.2 Å². The van der Waals surface area contributed by atoms with Crippen LogP contribution in [0.4, 0.5) is 10.5 Å². The second-order valence-electron chi connectivity index (χ2n) is 9.62. The van der Waals surface area contributed by atoms with Gasteiger partial charge in [0.05, 0.1) is 19.6 Å². The molecular formula is C29H32N6O3. The molecule has 0 aliphatic carbocycles. The Bertz CT molecular complexity index is 1370. The predicted molar refractivity (Wildman–Crippen MR) is 146 cm³/mol. The molecule has 0 aromatic heterocycles. The van der Waals surface area contributed by atoms with E-state index < -0.39 is 12.2 Å². The van der Waals surface area contributed by atoms with Crippen LogP contribution in [0.1, 0.15) is 11.1 Å². The first-order valence-corrected chi connectivity index (χ1v) is 12.7. The van der Waals surface area contributed by atoms with Gasteiger partial charge in [-0.3, -0.25) is 14.6 Å². The molecule has 0 spiro atoms. The number of nitrogens with two attached hydrogens (primary N) is 1. The summed E-state index contributed by atoms with van der Waals surface area (Å²) >= 11 is 0. The van der Waals surface area contributed by atoms with Crippen LogP contribution in [0.25, 0.3) is 10.8 Å². The number of fused-ring (bicyclic) bond motifs is 2. The summed E-state index contributed by atoms with van der Waals surface area (Å²) < 4.78 is 0. The van der Waals surface area contributed by atoms with Crippen LogP contribution < -0.4 is 11.1 Å². The minimum Gasteiger partial charge on any atom is -0.399 e. The molecule has 196 valence electrons. The first-order valence-electron chi connectivity index (χ1n) is 12.7. The normalized spacial score (nSPS) is 19.5. The van der Waals surface area contributed by atoms with Crippen molar-refractivity contribution in [1.82, 2.24) is 25.1 Å². The number of urea groups is 1. The number of anilines is 1. The number of nitrogens with zero attached hydrogens (tertiary/aromatic N) is 4. The van der Waals surface area contributed by atoms with Gasteiger partial charge in [0, 0.05) is 25.7 Å². The molecule has 4 amide bonds. The third-order valence-electron chi connectivity index (χ3n) is 7.28. The van der Waals surface area contributed by atoms with Gasteiger partial charge in [0.2, 0.25) is 11.8 Å². The fourth-order valence-electron chi connectivity index (χ4n) is 5.46. The Labute approximate surface area is 222 Å². The van der Waals surface area contributed by atoms with Crippen molar-refractivity contribution < 1.29 is 14.4 Å². The number of amides is 4. The summed E-state index contributed by atoms with van der Waals surface area (Å²) in [6.07, 6.45) is 1.48. The van der Waals surface area contributed by atoms with Crippen LogP contribution in [0.15, 0.2) is 79.4 Å². The van der Waals surface area contributed by atoms with E-state index in [-0.39, 0.29) is 37.5 Å². The summed E-state index contributed by atoms with van der Waals surface area (Å²) in [5.41, 5.74) is 8.44. The summed E-state index contributed by atoms with van der Waals surface area (Å²) in [6.45, 7) is 4.68. The first-order chi connectivity index (χ1) is 18.4. The zero-order valence-electron chi connectivity index (χ0n) is 21.4. The lowest BCUT2D eigenvalue weighted by molar-refractivity contribution is -0.157. The average Bonchev–Trinajstić information content (AvgIpc) is 3.25. The number of hydrogen-bond acceptors (Lipinski definition) is 5. The average molecular weight is 513 g/mol. The van der Waals surface area contributed by atoms with E-state index in [0.717, 1.165) is 21.9 Å². The van der Waals surface area contributed by atoms with Crippen molar-refractivity contribution in [2.75, 3.05) is 32.4 Å². The van der Waals surface area contributed by atoms with Gasteiger partial charge in [-0.05, 0) is 34.0 Å². The minimum atomic E-state index is -0.708. The van der Waals surface area contributed by atoms with E-state index in [2.05, 4.69) is 30.1 Å². The van der Waals surface area contributed by atoms with Crippen LogP contribution in [0, 0.1) is 0 Å². The minimum absolute atomic E-state index is 0.000444. The van der Waals surface area contributed by atoms with Gasteiger partial charge >= 0.3 is 6.03 Å². The Kier molecular flexibility index (Phi) is 7.02. The zero-order valence-corrected chi connectivity index (χ0v) is 21.4. The maximum atomic E-state index is 14.0. The van der Waals surface area contributed by atoms with Crippen molar-refractivity contribution in [2.24, 2.45) is 0 Å². The highest BCUT2D eigenvalue weighted by Gasteiger charge is 2.52. The molecule has 3 N–H and O–H groups in total. The molecule has 2 atom stereocenters. The fourth-order valence-corrected chi connectivity index (χ4v) is 5.46. The smallest absolute Gasteiger partial charge is 0.332 e. The van der Waals surface area contributed by atoms with Gasteiger partial charge in [0.15, 0.2) is 0 Å². The molecule has 2 aliphatic rings. The van der Waals surface area contributed by atoms with Gasteiger partial charge in [-0.15, -0.1) is 6.58 Å². The summed E-state index contributed by atoms with van der Waals surface area (Å²) in [6, 6.07) is 20.5. The van der Waals surface area contributed by atoms with Crippen molar-refractivity contribution in [3.8, 4) is 0 Å². The number of hydrazine groups is 1. The number of nitrogens with one attached hydrogen (secondary N) is 1. The monoisotopic (exact) mass is 512 g/mol. The fraction of sp³-hybridized carbons (Fsp3) is 0.276. The van der Waals surface area contributed by atoms with Gasteiger partial charge in [0.1, 0.15) is 12.2 Å². The van der Waals surface area contributed by atoms with Crippen LogP contribution in [0.2, 0.25) is 0 Å². The standard InChI is InChI=1S/C29H32N6O3/c1-3-15-33(29(38)31-2)34-19-27(36)35-25(16-20-11-13-23(30)14-12-20)28(37)32(18-26(34)35)17-22-9-6-8-21-7-4-5-10-24(21)22/h3-14,25-26H,1,15-19,30H2,2H3,(H,31,38)/t25-,26+/m0/s1. The highest BCUT2D eigenvalue weighted by molar-refractivity contribution is 5.92. The number of carbonyl (C=O) groups is 3. The molecule has 0 unspecified atom stereocenters. The molecule has 0 radical (unpaired) electrons. The van der Waals surface area contributed by atoms with Crippen molar-refractivity contribution >= 4 is 34.3 Å². The third kappa shape index (κ3) is 4.68. The van der Waals surface area contributed by atoms with Crippen molar-refractivity contribution in [3.63, 3.8) is 0 Å². The molecule has 2 heterocycles. The highest BCUT2D eigenvalue weighted by Crippen LogP contribution is 2.31. The van der Waals surface area contributed by atoms with Gasteiger partial charge in [-0.1, -0.05) is 60.7 Å². The molecule has 3 aromatic rings. The van der Waals surface area contributed by atoms with Crippen LogP contribution in [-0.2, 0) is 22.6 Å². The van der Waals surface area contributed by atoms with Gasteiger partial charge < -0.3 is 20.9 Å². The molecular weight excluding hydrogens is 480 g/mol. The predicted octanol–water partition coefficient (Wildman–Crippen LogP) is 2.59. The number of rotatable bonds is 7. The van der Waals surface area contributed by atoms with Crippen molar-refractivity contribution in [3.05, 3.63) is 90.5 Å². The van der Waals surface area contributed by atoms with Crippen LogP contribution in [0.3, 0.4) is 0 Å². The largest absolute Gasteiger partial charge is 0.399 e. The number of nitrogen functional groups attached to an aromatic ring is 1. The lowest BCUT2D eigenvalue weighted by Crippen LogP contribution is -2.65. The molecule has 0 saturated carbocycles. The van der Waals surface area contributed by atoms with Crippen LogP contribution in [0.5, 0.6) is 0 Å². The van der Waals surface area contributed by atoms with E-state index in [4.69, 9.17) is 5.73 Å². The molecule has 9 heteroatoms. The van der Waals surface area contributed by atoms with E-state index in [1.165, 1.54) is 5.01 Å². The lowest BCUT2D eigenvalue weighted by atomic mass is 9.99. The van der Waals surface area contributed by atoms with E-state index in [9.17, 15) is 14.4 Å². The Balaban J connectivity index is 1.52. The third-order valence-corrected chi connectivity index (χ3v) is 7.28. The van der Waals surface area contributed by atoms with Crippen LogP contribution >= 0.6 is 0 Å². The molecule has 2 saturated heterocycles. The van der Waals surface area contributed by atoms with Crippen molar-refractivity contribution in [2.45, 2.75) is 25.2 Å². The molecule has 9 nitrogen and oxygen atoms in total. The molecule has 0 bridgehead atoms. The van der Waals surface area contributed by atoms with Crippen LogP contribution in [-0.4, -0.2) is 76.6 Å². The molecule has 38 heavy (non-hydrogen) atoms. The Morgan fingerprint density at radius 3 is 2.58 bits per heavy atom. The van der Waals surface area contributed by atoms with Crippen molar-refractivity contribution in [1.29, 1.82) is 0 Å². The number of hydrogen-bond donors (Lipinski definition) is 2. The van der Waals surface area contributed by atoms with Gasteiger partial charge in [-0.25, -0.2) is 4.79 Å². The van der Waals surface area contributed by atoms with E-state index >= 15 is 0 Å². The van der Waals surface area contributed by atoms with E-state index in [0.29, 0.717) is 18.7 Å². The van der Waals surface area contributed by atoms with Gasteiger partial charge in [-0.2, -0.15) is 5.01 Å². The second kappa shape index (κ2) is 10.5. The summed E-state index contributed by atoms with van der Waals surface area (Å²) in [5, 5.41) is 8.07. The molecule has 2 fully saturated rings. The summed E-state index contributed by atoms with van der Waals surface area (Å²) in [5.74, 6) is -0.303. The summed E-state index contributed by atoms with van der Waals surface area (Å²) in [7, 11) is 1.55. The first kappa shape index (κ1) is 25.3. The number of carbonyl (C=O) groups excluding carboxylic acids is 3. The quantitative estimate of drug-likeness (QED) is 0.374. The lowest BCUT2D eigenvalue weighted by Gasteiger charge is -2.46. The van der Waals surface area contributed by atoms with E-state index in [1.807, 2.05) is 41.3 Å². The summed E-state index contributed by atoms with van der Waals surface area (Å²) in [4.78, 5) is 43.6. The maximum Gasteiger partial charge on any atom is 0.332 e. The SMILES string of the molecule is C=CCN(C(=O)NC)N1CC(=O)N2[C@@H](Cc3ccc(N)cc3)C(=O)N(Cc3cccc4ccccc34)C[C@@H]21. The molecule has 2 aliphatic heterocycles. The Morgan fingerprint density at radius 2 is 1.84 bits per heavy atom. The highest BCUT2D eigenvalue weighted by atomic mass is 16.2. The zero-order chi connectivity index (χ0) is 26.8. The topological polar surface area (TPSA) is 102 Å². The number of benzene rings is 3. The molecule has 3 aromatic carbocycles. The maximum absolute atomic E-state index is 14.0. The second-order valence-corrected chi connectivity index (χ2v) is 9.62.